The van der Waals surface area contributed by atoms with Crippen LogP contribution in [0.5, 0.6) is 11.5 Å². The van der Waals surface area contributed by atoms with E-state index in [1.807, 2.05) is 24.3 Å². The predicted molar refractivity (Wildman–Crippen MR) is 95.5 cm³/mol. The van der Waals surface area contributed by atoms with Crippen LogP contribution < -0.4 is 10.5 Å². The average molecular weight is 326 g/mol. The molecular weight excluding hydrogens is 304 g/mol. The summed E-state index contributed by atoms with van der Waals surface area (Å²) in [6.45, 7) is 2.25. The molecule has 24 heavy (non-hydrogen) atoms. The third kappa shape index (κ3) is 4.36. The normalized spacial score (nSPS) is 11.3. The third-order valence-electron chi connectivity index (χ3n) is 3.57. The van der Waals surface area contributed by atoms with E-state index in [9.17, 15) is 5.11 Å². The van der Waals surface area contributed by atoms with E-state index in [2.05, 4.69) is 0 Å². The molecule has 0 fully saturated rings. The number of aliphatic hydroxyl groups is 1. The zero-order valence-corrected chi connectivity index (χ0v) is 13.6. The summed E-state index contributed by atoms with van der Waals surface area (Å²) < 4.78 is 5.64. The van der Waals surface area contributed by atoms with E-state index in [1.54, 1.807) is 31.2 Å². The highest BCUT2D eigenvalue weighted by Gasteiger charge is 2.08. The maximum atomic E-state index is 9.58. The number of aryl methyl sites for hydroxylation is 1. The van der Waals surface area contributed by atoms with Crippen molar-refractivity contribution in [2.45, 2.75) is 13.3 Å². The minimum Gasteiger partial charge on any atom is -0.508 e. The average Bonchev–Trinajstić information content (AvgIpc) is 2.58. The lowest BCUT2D eigenvalue weighted by Gasteiger charge is -2.12. The van der Waals surface area contributed by atoms with E-state index < -0.39 is 0 Å². The van der Waals surface area contributed by atoms with Crippen molar-refractivity contribution in [3.05, 3.63) is 65.2 Å². The van der Waals surface area contributed by atoms with Gasteiger partial charge in [0.15, 0.2) is 0 Å². The van der Waals surface area contributed by atoms with Gasteiger partial charge in [0.05, 0.1) is 12.3 Å². The van der Waals surface area contributed by atoms with Crippen LogP contribution in [0.15, 0.2) is 48.5 Å². The van der Waals surface area contributed by atoms with Gasteiger partial charge < -0.3 is 26.1 Å². The summed E-state index contributed by atoms with van der Waals surface area (Å²) in [4.78, 5) is 0. The minimum absolute atomic E-state index is 0.0678. The Morgan fingerprint density at radius 3 is 2.71 bits per heavy atom. The van der Waals surface area contributed by atoms with Crippen LogP contribution in [-0.4, -0.2) is 29.1 Å². The first-order valence-corrected chi connectivity index (χ1v) is 7.71. The Kier molecular flexibility index (Phi) is 5.98. The molecule has 2 rings (SSSR count). The highest BCUT2D eigenvalue weighted by atomic mass is 16.5. The SMILES string of the molecule is Cc1cc(C(=N)/C=C(\N)c2ccccc2OCCCO)ccc1O. The molecule has 126 valence electrons. The molecule has 5 nitrogen and oxygen atoms in total. The number of rotatable bonds is 7. The van der Waals surface area contributed by atoms with Gasteiger partial charge in [0.25, 0.3) is 0 Å². The lowest BCUT2D eigenvalue weighted by molar-refractivity contribution is 0.233. The van der Waals surface area contributed by atoms with Gasteiger partial charge in [-0.15, -0.1) is 0 Å². The number of allylic oxidation sites excluding steroid dienone is 1. The van der Waals surface area contributed by atoms with Crippen molar-refractivity contribution in [2.24, 2.45) is 5.73 Å². The molecule has 0 radical (unpaired) electrons. The maximum Gasteiger partial charge on any atom is 0.128 e. The molecule has 0 aliphatic carbocycles. The molecule has 5 N–H and O–H groups in total. The smallest absolute Gasteiger partial charge is 0.128 e. The number of hydrogen-bond donors (Lipinski definition) is 4. The molecule has 0 amide bonds. The van der Waals surface area contributed by atoms with Gasteiger partial charge in [-0.3, -0.25) is 0 Å². The summed E-state index contributed by atoms with van der Waals surface area (Å²) in [6, 6.07) is 12.3. The summed E-state index contributed by atoms with van der Waals surface area (Å²) in [6.07, 6.45) is 2.11. The number of phenols is 1. The van der Waals surface area contributed by atoms with Crippen LogP contribution in [-0.2, 0) is 0 Å². The molecule has 2 aromatic rings. The molecular formula is C19H22N2O3. The van der Waals surface area contributed by atoms with E-state index in [0.717, 1.165) is 0 Å². The molecule has 0 atom stereocenters. The van der Waals surface area contributed by atoms with Crippen LogP contribution in [0.2, 0.25) is 0 Å². The number of benzene rings is 2. The fraction of sp³-hybridized carbons (Fsp3) is 0.211. The highest BCUT2D eigenvalue weighted by Crippen LogP contribution is 2.24. The van der Waals surface area contributed by atoms with Crippen molar-refractivity contribution in [3.63, 3.8) is 0 Å². The second-order valence-corrected chi connectivity index (χ2v) is 5.44. The summed E-state index contributed by atoms with van der Waals surface area (Å²) in [5.74, 6) is 0.820. The van der Waals surface area contributed by atoms with Gasteiger partial charge in [-0.2, -0.15) is 0 Å². The summed E-state index contributed by atoms with van der Waals surface area (Å²) in [5.41, 5.74) is 8.90. The van der Waals surface area contributed by atoms with Crippen molar-refractivity contribution in [1.29, 1.82) is 5.41 Å². The van der Waals surface area contributed by atoms with Crippen molar-refractivity contribution < 1.29 is 14.9 Å². The molecule has 0 aliphatic heterocycles. The Morgan fingerprint density at radius 2 is 2.00 bits per heavy atom. The monoisotopic (exact) mass is 326 g/mol. The van der Waals surface area contributed by atoms with Crippen LogP contribution in [0.25, 0.3) is 5.70 Å². The molecule has 0 saturated carbocycles. The van der Waals surface area contributed by atoms with Gasteiger partial charge in [-0.25, -0.2) is 0 Å². The summed E-state index contributed by atoms with van der Waals surface area (Å²) in [7, 11) is 0. The van der Waals surface area contributed by atoms with Gasteiger partial charge in [-0.1, -0.05) is 12.1 Å². The molecule has 0 bridgehead atoms. The van der Waals surface area contributed by atoms with E-state index in [-0.39, 0.29) is 18.1 Å². The van der Waals surface area contributed by atoms with Gasteiger partial charge in [0.1, 0.15) is 11.5 Å². The first-order chi connectivity index (χ1) is 11.5. The van der Waals surface area contributed by atoms with E-state index in [1.165, 1.54) is 0 Å². The number of ether oxygens (including phenoxy) is 1. The predicted octanol–water partition coefficient (Wildman–Crippen LogP) is 2.83. The molecule has 2 aromatic carbocycles. The van der Waals surface area contributed by atoms with Gasteiger partial charge in [0, 0.05) is 24.3 Å². The second kappa shape index (κ2) is 8.17. The van der Waals surface area contributed by atoms with Crippen LogP contribution >= 0.6 is 0 Å². The van der Waals surface area contributed by atoms with Crippen LogP contribution in [0.4, 0.5) is 0 Å². The van der Waals surface area contributed by atoms with Gasteiger partial charge in [0.2, 0.25) is 0 Å². The van der Waals surface area contributed by atoms with E-state index in [0.29, 0.717) is 41.2 Å². The lowest BCUT2D eigenvalue weighted by atomic mass is 10.0. The number of aromatic hydroxyl groups is 1. The van der Waals surface area contributed by atoms with Crippen molar-refractivity contribution in [3.8, 4) is 11.5 Å². The standard InChI is InChI=1S/C19H22N2O3/c1-13-11-14(7-8-18(13)23)16(20)12-17(21)15-5-2-3-6-19(15)24-10-4-9-22/h2-3,5-8,11-12,20,22-23H,4,9-10,21H2,1H3/b17-12-,20-16?. The summed E-state index contributed by atoms with van der Waals surface area (Å²) in [5, 5.41) is 26.6. The topological polar surface area (TPSA) is 99.6 Å². The molecule has 0 unspecified atom stereocenters. The van der Waals surface area contributed by atoms with Crippen LogP contribution in [0, 0.1) is 12.3 Å². The molecule has 0 aromatic heterocycles. The largest absolute Gasteiger partial charge is 0.508 e. The van der Waals surface area contributed by atoms with E-state index in [4.69, 9.17) is 21.0 Å². The Morgan fingerprint density at radius 1 is 1.25 bits per heavy atom. The number of para-hydroxylation sites is 1. The Hall–Kier alpha value is -2.79. The molecule has 0 saturated heterocycles. The van der Waals surface area contributed by atoms with Gasteiger partial charge >= 0.3 is 0 Å². The van der Waals surface area contributed by atoms with Gasteiger partial charge in [-0.05, 0) is 54.5 Å². The quantitative estimate of drug-likeness (QED) is 0.464. The van der Waals surface area contributed by atoms with Crippen molar-refractivity contribution >= 4 is 11.4 Å². The van der Waals surface area contributed by atoms with E-state index >= 15 is 0 Å². The zero-order chi connectivity index (χ0) is 17.5. The maximum absolute atomic E-state index is 9.58. The second-order valence-electron chi connectivity index (χ2n) is 5.44. The number of phenolic OH excluding ortho intramolecular Hbond substituents is 1. The van der Waals surface area contributed by atoms with Crippen molar-refractivity contribution in [2.75, 3.05) is 13.2 Å². The Balaban J connectivity index is 2.23. The number of aliphatic hydroxyl groups excluding tert-OH is 1. The molecule has 5 heteroatoms. The van der Waals surface area contributed by atoms with Crippen LogP contribution in [0.1, 0.15) is 23.1 Å². The minimum atomic E-state index is 0.0678. The molecule has 0 spiro atoms. The molecule has 0 heterocycles. The first kappa shape index (κ1) is 17.6. The fourth-order valence-corrected chi connectivity index (χ4v) is 2.22. The first-order valence-electron chi connectivity index (χ1n) is 7.71. The lowest BCUT2D eigenvalue weighted by Crippen LogP contribution is -2.06. The number of hydrogen-bond acceptors (Lipinski definition) is 5. The number of nitrogens with one attached hydrogen (secondary N) is 1. The highest BCUT2D eigenvalue weighted by molar-refractivity contribution is 6.10. The Bertz CT molecular complexity index is 754. The molecule has 0 aliphatic rings. The van der Waals surface area contributed by atoms with Crippen LogP contribution in [0.3, 0.4) is 0 Å². The Labute approximate surface area is 141 Å². The zero-order valence-electron chi connectivity index (χ0n) is 13.6. The fourth-order valence-electron chi connectivity index (χ4n) is 2.22. The van der Waals surface area contributed by atoms with Crippen molar-refractivity contribution in [1.82, 2.24) is 0 Å². The summed E-state index contributed by atoms with van der Waals surface area (Å²) >= 11 is 0. The third-order valence-corrected chi connectivity index (χ3v) is 3.57. The number of nitrogens with two attached hydrogens (primary N) is 1.